The number of nitrogens with zero attached hydrogens (tertiary/aromatic N) is 1. The Hall–Kier alpha value is -2.42. The summed E-state index contributed by atoms with van der Waals surface area (Å²) in [7, 11) is 0. The second-order valence-electron chi connectivity index (χ2n) is 3.90. The Labute approximate surface area is 111 Å². The molecule has 0 radical (unpaired) electrons. The normalized spacial score (nSPS) is 10.6. The van der Waals surface area contributed by atoms with Crippen LogP contribution in [0.2, 0.25) is 0 Å². The molecule has 0 aliphatic rings. The number of halogens is 1. The molecule has 0 saturated carbocycles. The van der Waals surface area contributed by atoms with E-state index in [0.717, 1.165) is 11.3 Å². The molecule has 2 aromatic rings. The fraction of sp³-hybridized carbons (Fsp3) is 0.0625. The molecule has 0 bridgehead atoms. The zero-order valence-electron chi connectivity index (χ0n) is 10.4. The lowest BCUT2D eigenvalue weighted by molar-refractivity contribution is 0.363. The molecule has 0 saturated heterocycles. The minimum Gasteiger partial charge on any atom is -0.490 e. The van der Waals surface area contributed by atoms with Crippen LogP contribution in [0.1, 0.15) is 5.56 Å². The molecular weight excluding hydrogens is 241 g/mol. The number of hydrogen-bond donors (Lipinski definition) is 0. The molecule has 2 rings (SSSR count). The van der Waals surface area contributed by atoms with E-state index >= 15 is 0 Å². The summed E-state index contributed by atoms with van der Waals surface area (Å²) in [4.78, 5) is 4.26. The number of aliphatic imine (C=N–C) groups is 1. The molecule has 2 aromatic carbocycles. The minimum atomic E-state index is -0.261. The number of hydrogen-bond acceptors (Lipinski definition) is 2. The lowest BCUT2D eigenvalue weighted by atomic mass is 10.2. The van der Waals surface area contributed by atoms with Gasteiger partial charge in [-0.2, -0.15) is 0 Å². The summed E-state index contributed by atoms with van der Waals surface area (Å²) in [6, 6.07) is 13.6. The van der Waals surface area contributed by atoms with Crippen LogP contribution in [0.3, 0.4) is 0 Å². The molecule has 96 valence electrons. The van der Waals surface area contributed by atoms with Crippen molar-refractivity contribution in [2.45, 2.75) is 0 Å². The van der Waals surface area contributed by atoms with Gasteiger partial charge in [0, 0.05) is 6.21 Å². The van der Waals surface area contributed by atoms with E-state index in [1.165, 1.54) is 12.1 Å². The summed E-state index contributed by atoms with van der Waals surface area (Å²) in [5, 5.41) is 0. The number of ether oxygens (including phenoxy) is 1. The molecule has 19 heavy (non-hydrogen) atoms. The van der Waals surface area contributed by atoms with Crippen LogP contribution >= 0.6 is 0 Å². The van der Waals surface area contributed by atoms with Crippen LogP contribution in [0, 0.1) is 5.82 Å². The van der Waals surface area contributed by atoms with Crippen molar-refractivity contribution in [2.24, 2.45) is 4.99 Å². The van der Waals surface area contributed by atoms with Gasteiger partial charge in [-0.15, -0.1) is 0 Å². The standard InChI is InChI=1S/C16H14FNO/c1-2-11-19-16-9-3-13(4-10-16)12-18-15-7-5-14(17)6-8-15/h2-10,12H,1,11H2. The molecule has 0 amide bonds. The van der Waals surface area contributed by atoms with Crippen LogP contribution < -0.4 is 4.74 Å². The van der Waals surface area contributed by atoms with E-state index in [0.29, 0.717) is 12.3 Å². The second-order valence-corrected chi connectivity index (χ2v) is 3.90. The molecule has 0 aromatic heterocycles. The Morgan fingerprint density at radius 1 is 1.05 bits per heavy atom. The molecule has 0 unspecified atom stereocenters. The summed E-state index contributed by atoms with van der Waals surface area (Å²) >= 11 is 0. The molecule has 0 aliphatic carbocycles. The monoisotopic (exact) mass is 255 g/mol. The number of rotatable bonds is 5. The molecular formula is C16H14FNO. The van der Waals surface area contributed by atoms with Crippen molar-refractivity contribution in [3.8, 4) is 5.75 Å². The van der Waals surface area contributed by atoms with Gasteiger partial charge in [-0.1, -0.05) is 12.7 Å². The summed E-state index contributed by atoms with van der Waals surface area (Å²) < 4.78 is 18.1. The largest absolute Gasteiger partial charge is 0.490 e. The van der Waals surface area contributed by atoms with Gasteiger partial charge in [0.15, 0.2) is 0 Å². The first-order valence-corrected chi connectivity index (χ1v) is 5.91. The van der Waals surface area contributed by atoms with Crippen molar-refractivity contribution in [1.29, 1.82) is 0 Å². The van der Waals surface area contributed by atoms with Crippen molar-refractivity contribution < 1.29 is 9.13 Å². The highest BCUT2D eigenvalue weighted by molar-refractivity contribution is 5.82. The van der Waals surface area contributed by atoms with Gasteiger partial charge in [0.2, 0.25) is 0 Å². The molecule has 3 heteroatoms. The molecule has 0 atom stereocenters. The van der Waals surface area contributed by atoms with Gasteiger partial charge in [0.25, 0.3) is 0 Å². The van der Waals surface area contributed by atoms with Crippen molar-refractivity contribution in [2.75, 3.05) is 6.61 Å². The van der Waals surface area contributed by atoms with E-state index in [-0.39, 0.29) is 5.82 Å². The predicted octanol–water partition coefficient (Wildman–Crippen LogP) is 4.14. The van der Waals surface area contributed by atoms with Crippen LogP contribution in [0.15, 0.2) is 66.2 Å². The minimum absolute atomic E-state index is 0.261. The van der Waals surface area contributed by atoms with E-state index < -0.39 is 0 Å². The van der Waals surface area contributed by atoms with Gasteiger partial charge in [-0.3, -0.25) is 4.99 Å². The fourth-order valence-corrected chi connectivity index (χ4v) is 1.48. The van der Waals surface area contributed by atoms with Gasteiger partial charge >= 0.3 is 0 Å². The zero-order valence-corrected chi connectivity index (χ0v) is 10.4. The van der Waals surface area contributed by atoms with Gasteiger partial charge < -0.3 is 4.74 Å². The van der Waals surface area contributed by atoms with Crippen LogP contribution in [0.25, 0.3) is 0 Å². The van der Waals surface area contributed by atoms with Crippen LogP contribution in [-0.2, 0) is 0 Å². The Morgan fingerprint density at radius 2 is 1.74 bits per heavy atom. The van der Waals surface area contributed by atoms with Gasteiger partial charge in [0.05, 0.1) is 5.69 Å². The van der Waals surface area contributed by atoms with Crippen LogP contribution in [0.5, 0.6) is 5.75 Å². The Morgan fingerprint density at radius 3 is 2.37 bits per heavy atom. The maximum atomic E-state index is 12.7. The second kappa shape index (κ2) is 6.50. The number of benzene rings is 2. The molecule has 2 nitrogen and oxygen atoms in total. The van der Waals surface area contributed by atoms with E-state index in [1.54, 1.807) is 24.4 Å². The SMILES string of the molecule is C=CCOc1ccc(C=Nc2ccc(F)cc2)cc1. The average Bonchev–Trinajstić information content (AvgIpc) is 2.46. The topological polar surface area (TPSA) is 21.6 Å². The molecule has 0 aliphatic heterocycles. The lowest BCUT2D eigenvalue weighted by Gasteiger charge is -2.02. The Kier molecular flexibility index (Phi) is 4.45. The van der Waals surface area contributed by atoms with E-state index in [9.17, 15) is 4.39 Å². The summed E-state index contributed by atoms with van der Waals surface area (Å²) in [6.07, 6.45) is 3.43. The zero-order chi connectivity index (χ0) is 13.5. The highest BCUT2D eigenvalue weighted by atomic mass is 19.1. The first kappa shape index (κ1) is 13.0. The smallest absolute Gasteiger partial charge is 0.123 e. The maximum Gasteiger partial charge on any atom is 0.123 e. The van der Waals surface area contributed by atoms with Gasteiger partial charge in [-0.05, 0) is 54.1 Å². The van der Waals surface area contributed by atoms with Crippen molar-refractivity contribution in [1.82, 2.24) is 0 Å². The molecule has 0 heterocycles. The predicted molar refractivity (Wildman–Crippen MR) is 75.8 cm³/mol. The highest BCUT2D eigenvalue weighted by Crippen LogP contribution is 2.14. The van der Waals surface area contributed by atoms with Crippen molar-refractivity contribution in [3.05, 3.63) is 72.6 Å². The summed E-state index contributed by atoms with van der Waals surface area (Å²) in [5.41, 5.74) is 1.67. The first-order valence-electron chi connectivity index (χ1n) is 5.91. The summed E-state index contributed by atoms with van der Waals surface area (Å²) in [5.74, 6) is 0.529. The highest BCUT2D eigenvalue weighted by Gasteiger charge is 1.93. The van der Waals surface area contributed by atoms with E-state index in [1.807, 2.05) is 24.3 Å². The average molecular weight is 255 g/mol. The third kappa shape index (κ3) is 4.07. The first-order chi connectivity index (χ1) is 9.28. The van der Waals surface area contributed by atoms with Crippen molar-refractivity contribution in [3.63, 3.8) is 0 Å². The molecule has 0 N–H and O–H groups in total. The molecule has 0 spiro atoms. The Balaban J connectivity index is 2.02. The third-order valence-electron chi connectivity index (χ3n) is 2.44. The van der Waals surface area contributed by atoms with E-state index in [4.69, 9.17) is 4.74 Å². The fourth-order valence-electron chi connectivity index (χ4n) is 1.48. The van der Waals surface area contributed by atoms with Crippen molar-refractivity contribution >= 4 is 11.9 Å². The van der Waals surface area contributed by atoms with Crippen LogP contribution in [-0.4, -0.2) is 12.8 Å². The lowest BCUT2D eigenvalue weighted by Crippen LogP contribution is -1.92. The van der Waals surface area contributed by atoms with Gasteiger partial charge in [0.1, 0.15) is 18.2 Å². The Bertz CT molecular complexity index is 558. The third-order valence-corrected chi connectivity index (χ3v) is 2.44. The van der Waals surface area contributed by atoms with Gasteiger partial charge in [-0.25, -0.2) is 4.39 Å². The van der Waals surface area contributed by atoms with E-state index in [2.05, 4.69) is 11.6 Å². The quantitative estimate of drug-likeness (QED) is 0.581. The maximum absolute atomic E-state index is 12.7. The van der Waals surface area contributed by atoms with Crippen LogP contribution in [0.4, 0.5) is 10.1 Å². The summed E-state index contributed by atoms with van der Waals surface area (Å²) in [6.45, 7) is 4.08. The molecule has 0 fully saturated rings.